The van der Waals surface area contributed by atoms with Gasteiger partial charge in [0, 0.05) is 32.8 Å². The van der Waals surface area contributed by atoms with Gasteiger partial charge in [0.25, 0.3) is 5.91 Å². The Labute approximate surface area is 151 Å². The van der Waals surface area contributed by atoms with Gasteiger partial charge < -0.3 is 14.8 Å². The fraction of sp³-hybridized carbons (Fsp3) is 0.368. The van der Waals surface area contributed by atoms with Gasteiger partial charge in [0.2, 0.25) is 11.5 Å². The number of nitrogens with zero attached hydrogens (tertiary/aromatic N) is 3. The summed E-state index contributed by atoms with van der Waals surface area (Å²) in [5.41, 5.74) is 1.93. The van der Waals surface area contributed by atoms with Gasteiger partial charge in [-0.2, -0.15) is 0 Å². The van der Waals surface area contributed by atoms with Crippen LogP contribution in [-0.4, -0.2) is 32.8 Å². The number of aryl methyl sites for hydroxylation is 1. The standard InChI is InChI=1S/C19H22N4O3/c1-13(24)20-11-15-5-3-6-16(21-15)17-7-4-10-23(17)19(26)14-8-9-18(25)22(2)12-14/h3,5-6,8-9,12,17H,4,7,10-11H2,1-2H3,(H,20,24)/t17-/m1/s1. The normalized spacial score (nSPS) is 16.5. The van der Waals surface area contributed by atoms with E-state index in [9.17, 15) is 14.4 Å². The average Bonchev–Trinajstić information content (AvgIpc) is 3.11. The molecular weight excluding hydrogens is 332 g/mol. The van der Waals surface area contributed by atoms with Gasteiger partial charge in [-0.05, 0) is 31.0 Å². The van der Waals surface area contributed by atoms with Crippen molar-refractivity contribution in [2.75, 3.05) is 6.54 Å². The fourth-order valence-corrected chi connectivity index (χ4v) is 3.20. The van der Waals surface area contributed by atoms with Gasteiger partial charge in [-0.1, -0.05) is 6.07 Å². The first kappa shape index (κ1) is 17.8. The highest BCUT2D eigenvalue weighted by Gasteiger charge is 2.31. The largest absolute Gasteiger partial charge is 0.351 e. The molecular formula is C19H22N4O3. The maximum atomic E-state index is 12.9. The van der Waals surface area contributed by atoms with Crippen LogP contribution >= 0.6 is 0 Å². The molecule has 1 N–H and O–H groups in total. The first-order valence-corrected chi connectivity index (χ1v) is 8.63. The summed E-state index contributed by atoms with van der Waals surface area (Å²) in [4.78, 5) is 42.0. The van der Waals surface area contributed by atoms with E-state index < -0.39 is 0 Å². The second-order valence-electron chi connectivity index (χ2n) is 6.49. The molecule has 0 aromatic carbocycles. The Hall–Kier alpha value is -2.96. The number of hydrogen-bond acceptors (Lipinski definition) is 4. The van der Waals surface area contributed by atoms with Crippen molar-refractivity contribution in [3.05, 3.63) is 63.8 Å². The van der Waals surface area contributed by atoms with Gasteiger partial charge in [-0.3, -0.25) is 19.4 Å². The number of amides is 2. The van der Waals surface area contributed by atoms with Crippen molar-refractivity contribution in [2.45, 2.75) is 32.4 Å². The third kappa shape index (κ3) is 3.82. The molecule has 2 aromatic heterocycles. The summed E-state index contributed by atoms with van der Waals surface area (Å²) in [6.07, 6.45) is 3.31. The lowest BCUT2D eigenvalue weighted by Crippen LogP contribution is -2.32. The summed E-state index contributed by atoms with van der Waals surface area (Å²) in [6.45, 7) is 2.49. The molecule has 0 saturated carbocycles. The quantitative estimate of drug-likeness (QED) is 0.899. The predicted octanol–water partition coefficient (Wildman–Crippen LogP) is 1.39. The first-order valence-electron chi connectivity index (χ1n) is 8.63. The summed E-state index contributed by atoms with van der Waals surface area (Å²) in [6, 6.07) is 8.54. The molecule has 0 aliphatic carbocycles. The van der Waals surface area contributed by atoms with Crippen molar-refractivity contribution in [3.8, 4) is 0 Å². The molecule has 2 amide bonds. The van der Waals surface area contributed by atoms with E-state index in [2.05, 4.69) is 10.3 Å². The minimum absolute atomic E-state index is 0.0998. The molecule has 7 nitrogen and oxygen atoms in total. The summed E-state index contributed by atoms with van der Waals surface area (Å²) in [5.74, 6) is -0.207. The van der Waals surface area contributed by atoms with E-state index in [-0.39, 0.29) is 23.4 Å². The van der Waals surface area contributed by atoms with E-state index in [0.717, 1.165) is 24.2 Å². The minimum Gasteiger partial charge on any atom is -0.351 e. The molecule has 26 heavy (non-hydrogen) atoms. The maximum absolute atomic E-state index is 12.9. The van der Waals surface area contributed by atoms with Crippen LogP contribution in [-0.2, 0) is 18.4 Å². The molecule has 0 radical (unpaired) electrons. The average molecular weight is 354 g/mol. The van der Waals surface area contributed by atoms with Gasteiger partial charge >= 0.3 is 0 Å². The number of carbonyl (C=O) groups is 2. The Morgan fingerprint density at radius 1 is 1.27 bits per heavy atom. The lowest BCUT2D eigenvalue weighted by Gasteiger charge is -2.25. The Kier molecular flexibility index (Phi) is 5.16. The van der Waals surface area contributed by atoms with Crippen LogP contribution in [0.4, 0.5) is 0 Å². The van der Waals surface area contributed by atoms with Crippen LogP contribution in [0.5, 0.6) is 0 Å². The lowest BCUT2D eigenvalue weighted by molar-refractivity contribution is -0.119. The molecule has 3 rings (SSSR count). The highest BCUT2D eigenvalue weighted by atomic mass is 16.2. The van der Waals surface area contributed by atoms with Gasteiger partial charge in [-0.15, -0.1) is 0 Å². The zero-order valence-electron chi connectivity index (χ0n) is 14.9. The topological polar surface area (TPSA) is 84.3 Å². The molecule has 1 fully saturated rings. The summed E-state index contributed by atoms with van der Waals surface area (Å²) in [5, 5.41) is 2.74. The van der Waals surface area contributed by atoms with Crippen LogP contribution in [0, 0.1) is 0 Å². The van der Waals surface area contributed by atoms with E-state index in [1.165, 1.54) is 17.6 Å². The fourth-order valence-electron chi connectivity index (χ4n) is 3.20. The second kappa shape index (κ2) is 7.51. The summed E-state index contributed by atoms with van der Waals surface area (Å²) >= 11 is 0. The van der Waals surface area contributed by atoms with Crippen LogP contribution in [0.15, 0.2) is 41.3 Å². The number of aromatic nitrogens is 2. The van der Waals surface area contributed by atoms with E-state index in [0.29, 0.717) is 18.7 Å². The van der Waals surface area contributed by atoms with E-state index >= 15 is 0 Å². The lowest BCUT2D eigenvalue weighted by atomic mass is 10.1. The third-order valence-electron chi connectivity index (χ3n) is 4.53. The highest BCUT2D eigenvalue weighted by molar-refractivity contribution is 5.94. The van der Waals surface area contributed by atoms with Crippen molar-refractivity contribution in [1.82, 2.24) is 19.8 Å². The maximum Gasteiger partial charge on any atom is 0.255 e. The summed E-state index contributed by atoms with van der Waals surface area (Å²) in [7, 11) is 1.63. The predicted molar refractivity (Wildman–Crippen MR) is 96.5 cm³/mol. The van der Waals surface area contributed by atoms with Crippen LogP contribution in [0.1, 0.15) is 47.6 Å². The molecule has 7 heteroatoms. The SMILES string of the molecule is CC(=O)NCc1cccc([C@H]2CCCN2C(=O)c2ccc(=O)n(C)c2)n1. The van der Waals surface area contributed by atoms with Crippen molar-refractivity contribution in [3.63, 3.8) is 0 Å². The second-order valence-corrected chi connectivity index (χ2v) is 6.49. The van der Waals surface area contributed by atoms with Gasteiger partial charge in [0.1, 0.15) is 0 Å². The molecule has 0 unspecified atom stereocenters. The first-order chi connectivity index (χ1) is 12.5. The number of nitrogens with one attached hydrogen (secondary N) is 1. The van der Waals surface area contributed by atoms with Crippen LogP contribution in [0.2, 0.25) is 0 Å². The molecule has 0 spiro atoms. The Bertz CT molecular complexity index is 890. The smallest absolute Gasteiger partial charge is 0.255 e. The van der Waals surface area contributed by atoms with Crippen LogP contribution in [0.25, 0.3) is 0 Å². The monoisotopic (exact) mass is 354 g/mol. The molecule has 136 valence electrons. The number of hydrogen-bond donors (Lipinski definition) is 1. The molecule has 1 aliphatic rings. The number of pyridine rings is 2. The van der Waals surface area contributed by atoms with Crippen LogP contribution < -0.4 is 10.9 Å². The zero-order chi connectivity index (χ0) is 18.7. The number of carbonyl (C=O) groups excluding carboxylic acids is 2. The van der Waals surface area contributed by atoms with Crippen LogP contribution in [0.3, 0.4) is 0 Å². The molecule has 2 aromatic rings. The Morgan fingerprint density at radius 2 is 2.08 bits per heavy atom. The third-order valence-corrected chi connectivity index (χ3v) is 4.53. The van der Waals surface area contributed by atoms with Crippen molar-refractivity contribution >= 4 is 11.8 Å². The Balaban J connectivity index is 1.82. The molecule has 0 bridgehead atoms. The van der Waals surface area contributed by atoms with Gasteiger partial charge in [0.15, 0.2) is 0 Å². The highest BCUT2D eigenvalue weighted by Crippen LogP contribution is 2.32. The minimum atomic E-state index is -0.146. The van der Waals surface area contributed by atoms with Crippen molar-refractivity contribution in [1.29, 1.82) is 0 Å². The molecule has 1 aliphatic heterocycles. The van der Waals surface area contributed by atoms with E-state index in [1.54, 1.807) is 19.3 Å². The van der Waals surface area contributed by atoms with E-state index in [1.807, 2.05) is 23.1 Å². The summed E-state index contributed by atoms with van der Waals surface area (Å²) < 4.78 is 1.41. The van der Waals surface area contributed by atoms with Gasteiger partial charge in [0.05, 0.1) is 29.5 Å². The van der Waals surface area contributed by atoms with Gasteiger partial charge in [-0.25, -0.2) is 0 Å². The van der Waals surface area contributed by atoms with Crippen molar-refractivity contribution in [2.24, 2.45) is 7.05 Å². The molecule has 1 saturated heterocycles. The Morgan fingerprint density at radius 3 is 2.81 bits per heavy atom. The van der Waals surface area contributed by atoms with Crippen molar-refractivity contribution < 1.29 is 9.59 Å². The number of rotatable bonds is 4. The number of likely N-dealkylation sites (tertiary alicyclic amines) is 1. The van der Waals surface area contributed by atoms with E-state index in [4.69, 9.17) is 0 Å². The molecule has 3 heterocycles. The zero-order valence-corrected chi connectivity index (χ0v) is 14.9. The molecule has 1 atom stereocenters.